The van der Waals surface area contributed by atoms with Gasteiger partial charge in [-0.1, -0.05) is 38.5 Å². The predicted molar refractivity (Wildman–Crippen MR) is 112 cm³/mol. The third-order valence-corrected chi connectivity index (χ3v) is 6.32. The first kappa shape index (κ1) is 19.2. The lowest BCUT2D eigenvalue weighted by molar-refractivity contribution is 0.0575. The van der Waals surface area contributed by atoms with E-state index in [2.05, 4.69) is 29.2 Å². The lowest BCUT2D eigenvalue weighted by Gasteiger charge is -2.44. The summed E-state index contributed by atoms with van der Waals surface area (Å²) >= 11 is 0. The van der Waals surface area contributed by atoms with Crippen LogP contribution in [0.2, 0.25) is 0 Å². The molecule has 1 N–H and O–H groups in total. The molecule has 1 aromatic carbocycles. The highest BCUT2D eigenvalue weighted by atomic mass is 16.1. The van der Waals surface area contributed by atoms with Gasteiger partial charge in [0.1, 0.15) is 0 Å². The van der Waals surface area contributed by atoms with Crippen LogP contribution in [-0.4, -0.2) is 46.3 Å². The van der Waals surface area contributed by atoms with Crippen molar-refractivity contribution in [2.45, 2.75) is 57.9 Å². The van der Waals surface area contributed by atoms with Crippen LogP contribution in [0.15, 0.2) is 36.4 Å². The molecule has 3 heterocycles. The molecule has 2 aliphatic rings. The predicted octanol–water partition coefficient (Wildman–Crippen LogP) is 3.99. The highest BCUT2D eigenvalue weighted by molar-refractivity contribution is 5.92. The Morgan fingerprint density at radius 3 is 2.71 bits per heavy atom. The van der Waals surface area contributed by atoms with Crippen molar-refractivity contribution in [2.24, 2.45) is 5.92 Å². The monoisotopic (exact) mass is 380 g/mol. The van der Waals surface area contributed by atoms with Crippen LogP contribution in [0.3, 0.4) is 0 Å². The van der Waals surface area contributed by atoms with Gasteiger partial charge in [0.2, 0.25) is 0 Å². The number of hydrogen-bond donors (Lipinski definition) is 1. The second kappa shape index (κ2) is 8.48. The molecule has 5 heteroatoms. The van der Waals surface area contributed by atoms with Crippen LogP contribution in [0.1, 0.15) is 68.1 Å². The number of hydrogen-bond acceptors (Lipinski definition) is 3. The molecule has 0 radical (unpaired) electrons. The Labute approximate surface area is 168 Å². The van der Waals surface area contributed by atoms with Crippen LogP contribution in [0.5, 0.6) is 0 Å². The molecule has 2 aliphatic heterocycles. The lowest BCUT2D eigenvalue weighted by Crippen LogP contribution is -2.51. The average Bonchev–Trinajstić information content (AvgIpc) is 3.18. The number of nitrogens with zero attached hydrogens (tertiary/aromatic N) is 3. The summed E-state index contributed by atoms with van der Waals surface area (Å²) in [7, 11) is 0. The van der Waals surface area contributed by atoms with Crippen LogP contribution in [0, 0.1) is 5.92 Å². The molecule has 2 saturated heterocycles. The van der Waals surface area contributed by atoms with Crippen LogP contribution in [0.4, 0.5) is 0 Å². The first-order valence-corrected chi connectivity index (χ1v) is 10.8. The van der Waals surface area contributed by atoms with Gasteiger partial charge in [0.05, 0.1) is 5.69 Å². The zero-order chi connectivity index (χ0) is 19.5. The Balaban J connectivity index is 1.46. The maximum absolute atomic E-state index is 12.9. The Morgan fingerprint density at radius 2 is 1.93 bits per heavy atom. The molecule has 2 aromatic rings. The number of carbonyl (C=O) groups excluding carboxylic acids is 1. The van der Waals surface area contributed by atoms with Gasteiger partial charge in [0.25, 0.3) is 5.91 Å². The maximum Gasteiger partial charge on any atom is 0.271 e. The fourth-order valence-electron chi connectivity index (χ4n) is 4.82. The van der Waals surface area contributed by atoms with Crippen LogP contribution in [-0.2, 0) is 0 Å². The second-order valence-corrected chi connectivity index (χ2v) is 8.57. The van der Waals surface area contributed by atoms with Crippen molar-refractivity contribution in [2.75, 3.05) is 19.6 Å². The third-order valence-electron chi connectivity index (χ3n) is 6.32. The molecule has 4 rings (SSSR count). The third kappa shape index (κ3) is 4.00. The Morgan fingerprint density at radius 1 is 1.14 bits per heavy atom. The zero-order valence-corrected chi connectivity index (χ0v) is 17.1. The lowest BCUT2D eigenvalue weighted by atomic mass is 9.83. The van der Waals surface area contributed by atoms with Gasteiger partial charge in [-0.3, -0.25) is 4.79 Å². The van der Waals surface area contributed by atoms with E-state index in [0.29, 0.717) is 23.6 Å². The molecular weight excluding hydrogens is 348 g/mol. The van der Waals surface area contributed by atoms with E-state index in [-0.39, 0.29) is 5.91 Å². The number of rotatable bonds is 5. The molecular formula is C23H32N4O. The van der Waals surface area contributed by atoms with Crippen LogP contribution < -0.4 is 5.32 Å². The molecule has 5 nitrogen and oxygen atoms in total. The summed E-state index contributed by atoms with van der Waals surface area (Å²) in [5.74, 6) is 0.812. The number of aromatic nitrogens is 2. The van der Waals surface area contributed by atoms with E-state index < -0.39 is 0 Å². The molecule has 0 aliphatic carbocycles. The molecule has 0 bridgehead atoms. The Bertz CT molecular complexity index is 796. The quantitative estimate of drug-likeness (QED) is 0.853. The first-order valence-electron chi connectivity index (χ1n) is 10.8. The highest BCUT2D eigenvalue weighted by Gasteiger charge is 2.33. The van der Waals surface area contributed by atoms with E-state index in [1.54, 1.807) is 0 Å². The van der Waals surface area contributed by atoms with Gasteiger partial charge < -0.3 is 10.2 Å². The van der Waals surface area contributed by atoms with Crippen LogP contribution in [0.25, 0.3) is 5.69 Å². The van der Waals surface area contributed by atoms with Gasteiger partial charge in [-0.05, 0) is 68.8 Å². The summed E-state index contributed by atoms with van der Waals surface area (Å²) in [6.07, 6.45) is 6.39. The molecule has 1 aromatic heterocycles. The van der Waals surface area contributed by atoms with Crippen LogP contribution >= 0.6 is 0 Å². The zero-order valence-electron chi connectivity index (χ0n) is 17.1. The van der Waals surface area contributed by atoms with Gasteiger partial charge in [-0.15, -0.1) is 0 Å². The Hall–Kier alpha value is -2.14. The summed E-state index contributed by atoms with van der Waals surface area (Å²) in [5, 5.41) is 7.83. The van der Waals surface area contributed by atoms with Gasteiger partial charge in [0.15, 0.2) is 5.69 Å². The molecule has 2 atom stereocenters. The highest BCUT2D eigenvalue weighted by Crippen LogP contribution is 2.30. The normalized spacial score (nSPS) is 22.8. The van der Waals surface area contributed by atoms with E-state index in [0.717, 1.165) is 17.9 Å². The Kier molecular flexibility index (Phi) is 5.81. The van der Waals surface area contributed by atoms with E-state index in [1.807, 2.05) is 41.1 Å². The minimum Gasteiger partial charge on any atom is -0.350 e. The SMILES string of the molecule is CC(C)c1cc(C(=O)NC[C@@H]2CCCN3CCCC[C@@H]23)nn1-c1ccccc1. The fourth-order valence-corrected chi connectivity index (χ4v) is 4.82. The number of para-hydroxylation sites is 1. The van der Waals surface area contributed by atoms with Gasteiger partial charge >= 0.3 is 0 Å². The van der Waals surface area contributed by atoms with E-state index >= 15 is 0 Å². The summed E-state index contributed by atoms with van der Waals surface area (Å²) in [6.45, 7) is 7.49. The van der Waals surface area contributed by atoms with Gasteiger partial charge in [-0.25, -0.2) is 4.68 Å². The standard InChI is InChI=1S/C23H32N4O/c1-17(2)22-15-20(25-27(22)19-10-4-3-5-11-19)23(28)24-16-18-9-8-14-26-13-7-6-12-21(18)26/h3-5,10-11,15,17-18,21H,6-9,12-14,16H2,1-2H3,(H,24,28)/t18-,21-/m0/s1. The smallest absolute Gasteiger partial charge is 0.271 e. The topological polar surface area (TPSA) is 50.2 Å². The van der Waals surface area contributed by atoms with E-state index in [9.17, 15) is 4.79 Å². The maximum atomic E-state index is 12.9. The number of piperidine rings is 2. The summed E-state index contributed by atoms with van der Waals surface area (Å²) in [5.41, 5.74) is 2.58. The molecule has 1 amide bonds. The van der Waals surface area contributed by atoms with E-state index in [4.69, 9.17) is 0 Å². The largest absolute Gasteiger partial charge is 0.350 e. The number of fused-ring (bicyclic) bond motifs is 1. The number of benzene rings is 1. The van der Waals surface area contributed by atoms with Crippen molar-refractivity contribution < 1.29 is 4.79 Å². The molecule has 0 saturated carbocycles. The molecule has 0 unspecified atom stereocenters. The molecule has 0 spiro atoms. The minimum atomic E-state index is -0.0514. The van der Waals surface area contributed by atoms with Gasteiger partial charge in [-0.2, -0.15) is 5.10 Å². The fraction of sp³-hybridized carbons (Fsp3) is 0.565. The number of nitrogens with one attached hydrogen (secondary N) is 1. The van der Waals surface area contributed by atoms with Gasteiger partial charge in [0, 0.05) is 18.3 Å². The summed E-state index contributed by atoms with van der Waals surface area (Å²) < 4.78 is 1.91. The van der Waals surface area contributed by atoms with Crippen molar-refractivity contribution in [1.29, 1.82) is 0 Å². The van der Waals surface area contributed by atoms with Crippen molar-refractivity contribution in [1.82, 2.24) is 20.0 Å². The second-order valence-electron chi connectivity index (χ2n) is 8.57. The summed E-state index contributed by atoms with van der Waals surface area (Å²) in [6, 6.07) is 12.6. The molecule has 28 heavy (non-hydrogen) atoms. The number of carbonyl (C=O) groups is 1. The molecule has 150 valence electrons. The van der Waals surface area contributed by atoms with Crippen molar-refractivity contribution >= 4 is 5.91 Å². The van der Waals surface area contributed by atoms with Crippen molar-refractivity contribution in [3.63, 3.8) is 0 Å². The summed E-state index contributed by atoms with van der Waals surface area (Å²) in [4.78, 5) is 15.5. The van der Waals surface area contributed by atoms with Crippen molar-refractivity contribution in [3.8, 4) is 5.69 Å². The number of amides is 1. The molecule has 2 fully saturated rings. The minimum absolute atomic E-state index is 0.0514. The van der Waals surface area contributed by atoms with E-state index in [1.165, 1.54) is 45.2 Å². The average molecular weight is 381 g/mol. The first-order chi connectivity index (χ1) is 13.6. The van der Waals surface area contributed by atoms with Crippen molar-refractivity contribution in [3.05, 3.63) is 47.8 Å².